The van der Waals surface area contributed by atoms with Crippen LogP contribution in [0.1, 0.15) is 23.1 Å². The summed E-state index contributed by atoms with van der Waals surface area (Å²) in [5.74, 6) is 1.84. The molecule has 1 unspecified atom stereocenters. The third-order valence-corrected chi connectivity index (χ3v) is 6.93. The molecule has 1 aromatic carbocycles. The highest BCUT2D eigenvalue weighted by atomic mass is 32.2. The standard InChI is InChI=1S/C15H23NO3S2/c1-11-7-13(3)14(8-12(11)2)21(17,18)16-9-15(19-4)5-6-20-10-15/h7-8,16H,5-6,9-10H2,1-4H3. The minimum atomic E-state index is -3.51. The van der Waals surface area contributed by atoms with Crippen molar-refractivity contribution in [2.45, 2.75) is 37.7 Å². The van der Waals surface area contributed by atoms with E-state index in [-0.39, 0.29) is 5.60 Å². The van der Waals surface area contributed by atoms with Crippen LogP contribution in [0, 0.1) is 20.8 Å². The van der Waals surface area contributed by atoms with E-state index in [4.69, 9.17) is 4.74 Å². The van der Waals surface area contributed by atoms with Gasteiger partial charge in [0.15, 0.2) is 0 Å². The lowest BCUT2D eigenvalue weighted by Crippen LogP contribution is -2.44. The summed E-state index contributed by atoms with van der Waals surface area (Å²) < 4.78 is 33.4. The van der Waals surface area contributed by atoms with E-state index in [1.165, 1.54) is 0 Å². The van der Waals surface area contributed by atoms with Crippen LogP contribution in [0.5, 0.6) is 0 Å². The van der Waals surface area contributed by atoms with Gasteiger partial charge in [0.05, 0.1) is 10.5 Å². The first kappa shape index (κ1) is 16.8. The Labute approximate surface area is 131 Å². The number of sulfonamides is 1. The van der Waals surface area contributed by atoms with Crippen LogP contribution in [0.3, 0.4) is 0 Å². The second-order valence-electron chi connectivity index (χ2n) is 5.72. The van der Waals surface area contributed by atoms with Gasteiger partial charge in [-0.25, -0.2) is 13.1 Å². The van der Waals surface area contributed by atoms with Crippen LogP contribution in [-0.2, 0) is 14.8 Å². The van der Waals surface area contributed by atoms with Gasteiger partial charge in [0.25, 0.3) is 0 Å². The maximum absolute atomic E-state index is 12.6. The van der Waals surface area contributed by atoms with Crippen LogP contribution < -0.4 is 4.72 Å². The molecule has 118 valence electrons. The molecule has 1 aliphatic rings. The molecule has 0 spiro atoms. The smallest absolute Gasteiger partial charge is 0.240 e. The van der Waals surface area contributed by atoms with Crippen molar-refractivity contribution in [1.29, 1.82) is 0 Å². The van der Waals surface area contributed by atoms with Crippen molar-refractivity contribution in [2.24, 2.45) is 0 Å². The molecule has 0 aromatic heterocycles. The fraction of sp³-hybridized carbons (Fsp3) is 0.600. The zero-order valence-electron chi connectivity index (χ0n) is 13.0. The summed E-state index contributed by atoms with van der Waals surface area (Å²) in [4.78, 5) is 0.363. The average molecular weight is 329 g/mol. The van der Waals surface area contributed by atoms with E-state index in [0.29, 0.717) is 11.4 Å². The summed E-state index contributed by atoms with van der Waals surface area (Å²) in [7, 11) is -1.85. The van der Waals surface area contributed by atoms with Gasteiger partial charge in [-0.15, -0.1) is 0 Å². The van der Waals surface area contributed by atoms with E-state index in [2.05, 4.69) is 4.72 Å². The predicted octanol–water partition coefficient (Wildman–Crippen LogP) is 2.41. The average Bonchev–Trinajstić information content (AvgIpc) is 2.90. The van der Waals surface area contributed by atoms with Crippen molar-refractivity contribution in [2.75, 3.05) is 25.2 Å². The largest absolute Gasteiger partial charge is 0.376 e. The molecule has 0 bridgehead atoms. The number of thioether (sulfide) groups is 1. The quantitative estimate of drug-likeness (QED) is 0.901. The minimum Gasteiger partial charge on any atom is -0.376 e. The Morgan fingerprint density at radius 1 is 1.24 bits per heavy atom. The Balaban J connectivity index is 2.21. The van der Waals surface area contributed by atoms with Gasteiger partial charge in [0.2, 0.25) is 10.0 Å². The van der Waals surface area contributed by atoms with Crippen LogP contribution in [0.2, 0.25) is 0 Å². The van der Waals surface area contributed by atoms with Gasteiger partial charge in [-0.05, 0) is 55.7 Å². The molecule has 1 heterocycles. The van der Waals surface area contributed by atoms with E-state index in [9.17, 15) is 8.42 Å². The zero-order chi connectivity index (χ0) is 15.7. The number of nitrogens with one attached hydrogen (secondary N) is 1. The van der Waals surface area contributed by atoms with Crippen molar-refractivity contribution in [3.05, 3.63) is 28.8 Å². The molecule has 1 aromatic rings. The maximum atomic E-state index is 12.6. The highest BCUT2D eigenvalue weighted by Gasteiger charge is 2.35. The molecule has 0 aliphatic carbocycles. The molecule has 1 N–H and O–H groups in total. The van der Waals surface area contributed by atoms with Gasteiger partial charge >= 0.3 is 0 Å². The lowest BCUT2D eigenvalue weighted by atomic mass is 10.0. The number of ether oxygens (including phenoxy) is 1. The second kappa shape index (κ2) is 6.28. The molecule has 6 heteroatoms. The Morgan fingerprint density at radius 3 is 2.48 bits per heavy atom. The van der Waals surface area contributed by atoms with Gasteiger partial charge in [0, 0.05) is 19.4 Å². The second-order valence-corrected chi connectivity index (χ2v) is 8.56. The first-order valence-electron chi connectivity index (χ1n) is 7.00. The Hall–Kier alpha value is -0.560. The van der Waals surface area contributed by atoms with Crippen LogP contribution in [0.4, 0.5) is 0 Å². The van der Waals surface area contributed by atoms with Gasteiger partial charge < -0.3 is 4.74 Å². The predicted molar refractivity (Wildman–Crippen MR) is 87.5 cm³/mol. The molecule has 21 heavy (non-hydrogen) atoms. The summed E-state index contributed by atoms with van der Waals surface area (Å²) in [5.41, 5.74) is 2.49. The highest BCUT2D eigenvalue weighted by molar-refractivity contribution is 7.99. The normalized spacial score (nSPS) is 22.7. The molecule has 1 saturated heterocycles. The topological polar surface area (TPSA) is 55.4 Å². The van der Waals surface area contributed by atoms with Gasteiger partial charge in [-0.2, -0.15) is 11.8 Å². The van der Waals surface area contributed by atoms with Gasteiger partial charge in [-0.1, -0.05) is 6.07 Å². The molecule has 1 fully saturated rings. The first-order chi connectivity index (χ1) is 9.80. The summed E-state index contributed by atoms with van der Waals surface area (Å²) in [5, 5.41) is 0. The molecule has 0 amide bonds. The molecule has 4 nitrogen and oxygen atoms in total. The fourth-order valence-corrected chi connectivity index (χ4v) is 5.31. The van der Waals surface area contributed by atoms with E-state index in [0.717, 1.165) is 34.6 Å². The van der Waals surface area contributed by atoms with E-state index < -0.39 is 10.0 Å². The van der Waals surface area contributed by atoms with Gasteiger partial charge in [-0.3, -0.25) is 0 Å². The molecular formula is C15H23NO3S2. The lowest BCUT2D eigenvalue weighted by Gasteiger charge is -2.27. The molecule has 2 rings (SSSR count). The molecular weight excluding hydrogens is 306 g/mol. The van der Waals surface area contributed by atoms with E-state index in [1.54, 1.807) is 24.9 Å². The molecule has 0 saturated carbocycles. The number of methoxy groups -OCH3 is 1. The third-order valence-electron chi connectivity index (χ3n) is 4.17. The maximum Gasteiger partial charge on any atom is 0.240 e. The minimum absolute atomic E-state index is 0.325. The van der Waals surface area contributed by atoms with Crippen LogP contribution in [0.25, 0.3) is 0 Å². The van der Waals surface area contributed by atoms with Gasteiger partial charge in [0.1, 0.15) is 0 Å². The van der Waals surface area contributed by atoms with Crippen molar-refractivity contribution in [3.63, 3.8) is 0 Å². The molecule has 0 radical (unpaired) electrons. The highest BCUT2D eigenvalue weighted by Crippen LogP contribution is 2.30. The monoisotopic (exact) mass is 329 g/mol. The number of hydrogen-bond donors (Lipinski definition) is 1. The van der Waals surface area contributed by atoms with Crippen LogP contribution in [-0.4, -0.2) is 39.2 Å². The fourth-order valence-electron chi connectivity index (χ4n) is 2.49. The summed E-state index contributed by atoms with van der Waals surface area (Å²) in [6.07, 6.45) is 0.878. The lowest BCUT2D eigenvalue weighted by molar-refractivity contribution is 0.0179. The van der Waals surface area contributed by atoms with Crippen molar-refractivity contribution in [1.82, 2.24) is 4.72 Å². The molecule has 1 atom stereocenters. The number of rotatable bonds is 5. The van der Waals surface area contributed by atoms with E-state index in [1.807, 2.05) is 26.8 Å². The number of benzene rings is 1. The summed E-state index contributed by atoms with van der Waals surface area (Å²) in [6, 6.07) is 3.66. The molecule has 1 aliphatic heterocycles. The summed E-state index contributed by atoms with van der Waals surface area (Å²) in [6.45, 7) is 6.07. The Kier molecular flexibility index (Phi) is 5.03. The third kappa shape index (κ3) is 3.62. The van der Waals surface area contributed by atoms with Crippen molar-refractivity contribution >= 4 is 21.8 Å². The van der Waals surface area contributed by atoms with Crippen LogP contribution >= 0.6 is 11.8 Å². The Morgan fingerprint density at radius 2 is 1.90 bits per heavy atom. The SMILES string of the molecule is COC1(CNS(=O)(=O)c2cc(C)c(C)cc2C)CCSC1. The van der Waals surface area contributed by atoms with Crippen LogP contribution in [0.15, 0.2) is 17.0 Å². The van der Waals surface area contributed by atoms with E-state index >= 15 is 0 Å². The zero-order valence-corrected chi connectivity index (χ0v) is 14.7. The van der Waals surface area contributed by atoms with Crippen molar-refractivity contribution < 1.29 is 13.2 Å². The summed E-state index contributed by atoms with van der Waals surface area (Å²) >= 11 is 1.80. The van der Waals surface area contributed by atoms with Crippen molar-refractivity contribution in [3.8, 4) is 0 Å². The Bertz CT molecular complexity index is 620. The number of hydrogen-bond acceptors (Lipinski definition) is 4. The number of aryl methyl sites for hydroxylation is 3. The first-order valence-corrected chi connectivity index (χ1v) is 9.64.